The normalized spacial score (nSPS) is 13.9. The van der Waals surface area contributed by atoms with Gasteiger partial charge in [-0.15, -0.1) is 0 Å². The molecule has 0 heterocycles. The van der Waals surface area contributed by atoms with Crippen LogP contribution in [0, 0.1) is 5.82 Å². The average molecular weight is 392 g/mol. The Morgan fingerprint density at radius 2 is 1.26 bits per heavy atom. The highest BCUT2D eigenvalue weighted by Gasteiger charge is 2.36. The molecule has 2 aromatic carbocycles. The Morgan fingerprint density at radius 3 is 1.78 bits per heavy atom. The van der Waals surface area contributed by atoms with Gasteiger partial charge in [-0.1, -0.05) is 39.0 Å². The summed E-state index contributed by atoms with van der Waals surface area (Å²) in [6.45, 7) is 4.76. The van der Waals surface area contributed by atoms with Gasteiger partial charge in [0.1, 0.15) is 5.82 Å². The zero-order valence-corrected chi connectivity index (χ0v) is 15.0. The largest absolute Gasteiger partial charge is 0.416 e. The van der Waals surface area contributed by atoms with Gasteiger partial charge >= 0.3 is 12.4 Å². The predicted molar refractivity (Wildman–Crippen MR) is 89.1 cm³/mol. The molecule has 2 aromatic rings. The van der Waals surface area contributed by atoms with Gasteiger partial charge in [0.25, 0.3) is 0 Å². The number of benzene rings is 2. The third-order valence-electron chi connectivity index (χ3n) is 4.44. The molecule has 2 rings (SSSR count). The van der Waals surface area contributed by atoms with E-state index < -0.39 is 35.2 Å². The smallest absolute Gasteiger partial charge is 0.207 e. The standard InChI is InChI=1S/C20H19F7/c1-11(2)15-6-4-13(9-17(15)19(22,23)24)8-12(3)16-7-5-14(21)10-18(16)20(25,26)27/h4-7,9-12H,8H2,1-3H3. The van der Waals surface area contributed by atoms with E-state index >= 15 is 0 Å². The van der Waals surface area contributed by atoms with Crippen LogP contribution in [0.25, 0.3) is 0 Å². The van der Waals surface area contributed by atoms with E-state index in [1.165, 1.54) is 19.1 Å². The van der Waals surface area contributed by atoms with Gasteiger partial charge in [-0.3, -0.25) is 0 Å². The lowest BCUT2D eigenvalue weighted by Gasteiger charge is -2.21. The van der Waals surface area contributed by atoms with E-state index in [0.29, 0.717) is 6.07 Å². The third kappa shape index (κ3) is 5.02. The summed E-state index contributed by atoms with van der Waals surface area (Å²) in [4.78, 5) is 0. The minimum Gasteiger partial charge on any atom is -0.207 e. The second-order valence-electron chi connectivity index (χ2n) is 6.91. The van der Waals surface area contributed by atoms with Gasteiger partial charge in [0.15, 0.2) is 0 Å². The lowest BCUT2D eigenvalue weighted by Crippen LogP contribution is -2.14. The van der Waals surface area contributed by atoms with E-state index in [-0.39, 0.29) is 29.0 Å². The van der Waals surface area contributed by atoms with Crippen molar-refractivity contribution >= 4 is 0 Å². The SMILES string of the molecule is CC(C)c1ccc(CC(C)c2ccc(F)cc2C(F)(F)F)cc1C(F)(F)F. The Morgan fingerprint density at radius 1 is 0.741 bits per heavy atom. The van der Waals surface area contributed by atoms with Crippen LogP contribution >= 0.6 is 0 Å². The van der Waals surface area contributed by atoms with Crippen molar-refractivity contribution in [3.63, 3.8) is 0 Å². The fraction of sp³-hybridized carbons (Fsp3) is 0.400. The molecule has 0 aliphatic rings. The molecule has 0 aromatic heterocycles. The molecule has 1 atom stereocenters. The van der Waals surface area contributed by atoms with Crippen molar-refractivity contribution in [1.29, 1.82) is 0 Å². The molecular weight excluding hydrogens is 373 g/mol. The lowest BCUT2D eigenvalue weighted by molar-refractivity contribution is -0.139. The highest BCUT2D eigenvalue weighted by atomic mass is 19.4. The minimum absolute atomic E-state index is 0.0316. The molecule has 0 spiro atoms. The van der Waals surface area contributed by atoms with E-state index in [1.54, 1.807) is 13.8 Å². The number of hydrogen-bond donors (Lipinski definition) is 0. The number of alkyl halides is 6. The molecule has 0 saturated heterocycles. The molecule has 0 saturated carbocycles. The quantitative estimate of drug-likeness (QED) is 0.478. The molecule has 0 nitrogen and oxygen atoms in total. The predicted octanol–water partition coefficient (Wildman–Crippen LogP) is 7.33. The molecule has 1 unspecified atom stereocenters. The van der Waals surface area contributed by atoms with E-state index in [2.05, 4.69) is 0 Å². The first-order valence-electron chi connectivity index (χ1n) is 8.37. The van der Waals surface area contributed by atoms with Gasteiger partial charge in [0, 0.05) is 0 Å². The van der Waals surface area contributed by atoms with Crippen molar-refractivity contribution < 1.29 is 30.7 Å². The van der Waals surface area contributed by atoms with Gasteiger partial charge < -0.3 is 0 Å². The van der Waals surface area contributed by atoms with Crippen molar-refractivity contribution in [2.75, 3.05) is 0 Å². The Hall–Kier alpha value is -2.05. The van der Waals surface area contributed by atoms with Crippen LogP contribution in [0.15, 0.2) is 36.4 Å². The van der Waals surface area contributed by atoms with Crippen molar-refractivity contribution in [1.82, 2.24) is 0 Å². The lowest BCUT2D eigenvalue weighted by atomic mass is 9.87. The van der Waals surface area contributed by atoms with Crippen LogP contribution in [0.4, 0.5) is 30.7 Å². The molecule has 148 valence electrons. The first-order chi connectivity index (χ1) is 12.3. The molecule has 0 amide bonds. The van der Waals surface area contributed by atoms with Gasteiger partial charge in [0.2, 0.25) is 0 Å². The first kappa shape index (κ1) is 21.3. The van der Waals surface area contributed by atoms with Crippen LogP contribution < -0.4 is 0 Å². The molecular formula is C20H19F7. The van der Waals surface area contributed by atoms with E-state index in [0.717, 1.165) is 18.2 Å². The van der Waals surface area contributed by atoms with Gasteiger partial charge in [-0.25, -0.2) is 4.39 Å². The molecule has 0 N–H and O–H groups in total. The third-order valence-corrected chi connectivity index (χ3v) is 4.44. The minimum atomic E-state index is -4.75. The van der Waals surface area contributed by atoms with Crippen molar-refractivity contribution in [3.05, 3.63) is 70.0 Å². The fourth-order valence-corrected chi connectivity index (χ4v) is 3.15. The van der Waals surface area contributed by atoms with Crippen LogP contribution in [0.1, 0.15) is 60.4 Å². The summed E-state index contributed by atoms with van der Waals surface area (Å²) in [6.07, 6.45) is -9.33. The molecule has 0 bridgehead atoms. The zero-order valence-electron chi connectivity index (χ0n) is 15.0. The topological polar surface area (TPSA) is 0 Å². The molecule has 27 heavy (non-hydrogen) atoms. The molecule has 0 radical (unpaired) electrons. The number of halogens is 7. The maximum atomic E-state index is 13.3. The fourth-order valence-electron chi connectivity index (χ4n) is 3.15. The number of rotatable bonds is 4. The van der Waals surface area contributed by atoms with Crippen LogP contribution in [0.2, 0.25) is 0 Å². The Bertz CT molecular complexity index is 801. The number of hydrogen-bond acceptors (Lipinski definition) is 0. The summed E-state index contributed by atoms with van der Waals surface area (Å²) < 4.78 is 92.7. The summed E-state index contributed by atoms with van der Waals surface area (Å²) in [5, 5.41) is 0. The Labute approximate surface area is 153 Å². The molecule has 0 aliphatic carbocycles. The second kappa shape index (κ2) is 7.52. The van der Waals surface area contributed by atoms with Crippen molar-refractivity contribution in [3.8, 4) is 0 Å². The average Bonchev–Trinajstić information content (AvgIpc) is 2.52. The molecule has 0 aliphatic heterocycles. The monoisotopic (exact) mass is 392 g/mol. The van der Waals surface area contributed by atoms with Crippen LogP contribution in [0.5, 0.6) is 0 Å². The highest BCUT2D eigenvalue weighted by molar-refractivity contribution is 5.39. The highest BCUT2D eigenvalue weighted by Crippen LogP contribution is 2.39. The van der Waals surface area contributed by atoms with Crippen LogP contribution in [-0.4, -0.2) is 0 Å². The Kier molecular flexibility index (Phi) is 5.92. The summed E-state index contributed by atoms with van der Waals surface area (Å²) in [6, 6.07) is 6.22. The summed E-state index contributed by atoms with van der Waals surface area (Å²) in [7, 11) is 0. The van der Waals surface area contributed by atoms with Gasteiger partial charge in [0.05, 0.1) is 11.1 Å². The summed E-state index contributed by atoms with van der Waals surface area (Å²) >= 11 is 0. The maximum Gasteiger partial charge on any atom is 0.416 e. The van der Waals surface area contributed by atoms with Gasteiger partial charge in [-0.05, 0) is 53.1 Å². The zero-order chi connectivity index (χ0) is 20.6. The van der Waals surface area contributed by atoms with Crippen LogP contribution in [0.3, 0.4) is 0 Å². The van der Waals surface area contributed by atoms with Gasteiger partial charge in [-0.2, -0.15) is 26.3 Å². The first-order valence-corrected chi connectivity index (χ1v) is 8.37. The second-order valence-corrected chi connectivity index (χ2v) is 6.91. The Balaban J connectivity index is 2.41. The maximum absolute atomic E-state index is 13.3. The van der Waals surface area contributed by atoms with E-state index in [4.69, 9.17) is 0 Å². The van der Waals surface area contributed by atoms with Crippen LogP contribution in [-0.2, 0) is 18.8 Å². The summed E-state index contributed by atoms with van der Waals surface area (Å²) in [5.41, 5.74) is -1.62. The van der Waals surface area contributed by atoms with Crippen molar-refractivity contribution in [2.24, 2.45) is 0 Å². The van der Waals surface area contributed by atoms with E-state index in [9.17, 15) is 30.7 Å². The van der Waals surface area contributed by atoms with Crippen molar-refractivity contribution in [2.45, 2.75) is 51.4 Å². The summed E-state index contributed by atoms with van der Waals surface area (Å²) in [5.74, 6) is -2.10. The molecule has 7 heteroatoms. The molecule has 0 fully saturated rings. The van der Waals surface area contributed by atoms with E-state index in [1.807, 2.05) is 0 Å².